The summed E-state index contributed by atoms with van der Waals surface area (Å²) in [5.74, 6) is 0.749. The second-order valence-electron chi connectivity index (χ2n) is 7.48. The molecular formula is C24H20ClN5OS. The van der Waals surface area contributed by atoms with Crippen molar-refractivity contribution in [3.05, 3.63) is 83.6 Å². The van der Waals surface area contributed by atoms with Gasteiger partial charge in [-0.05, 0) is 61.4 Å². The van der Waals surface area contributed by atoms with E-state index in [2.05, 4.69) is 21.2 Å². The van der Waals surface area contributed by atoms with E-state index in [4.69, 9.17) is 11.6 Å². The second kappa shape index (κ2) is 8.76. The zero-order valence-electron chi connectivity index (χ0n) is 17.4. The van der Waals surface area contributed by atoms with Gasteiger partial charge >= 0.3 is 0 Å². The quantitative estimate of drug-likeness (QED) is 0.389. The molecule has 1 atom stereocenters. The number of hydrogen-bond acceptors (Lipinski definition) is 5. The highest BCUT2D eigenvalue weighted by molar-refractivity contribution is 8.00. The first-order valence-electron chi connectivity index (χ1n) is 10.3. The van der Waals surface area contributed by atoms with Crippen molar-refractivity contribution in [3.8, 4) is 17.1 Å². The number of para-hydroxylation sites is 1. The molecule has 6 nitrogen and oxygen atoms in total. The molecule has 32 heavy (non-hydrogen) atoms. The van der Waals surface area contributed by atoms with Gasteiger partial charge in [-0.15, -0.1) is 10.2 Å². The summed E-state index contributed by atoms with van der Waals surface area (Å²) < 4.78 is 1.96. The fourth-order valence-electron chi connectivity index (χ4n) is 3.85. The number of hydrogen-bond donors (Lipinski definition) is 0. The van der Waals surface area contributed by atoms with Crippen LogP contribution >= 0.6 is 23.4 Å². The van der Waals surface area contributed by atoms with Gasteiger partial charge in [-0.3, -0.25) is 14.3 Å². The van der Waals surface area contributed by atoms with Gasteiger partial charge < -0.3 is 4.90 Å². The molecule has 0 saturated carbocycles. The summed E-state index contributed by atoms with van der Waals surface area (Å²) in [5.41, 5.74) is 3.98. The lowest BCUT2D eigenvalue weighted by Crippen LogP contribution is -2.35. The Bertz CT molecular complexity index is 1260. The SMILES string of the molecule is C[C@@H](Sc1nnc(-c2ccncc2)n1-c1ccc(Cl)cc1)C(=O)N1CCc2ccccc21. The molecule has 3 heterocycles. The maximum atomic E-state index is 13.3. The minimum atomic E-state index is -0.332. The molecule has 2 aromatic heterocycles. The largest absolute Gasteiger partial charge is 0.311 e. The Morgan fingerprint density at radius 3 is 2.56 bits per heavy atom. The van der Waals surface area contributed by atoms with Gasteiger partial charge in [0.25, 0.3) is 0 Å². The number of amides is 1. The van der Waals surface area contributed by atoms with Gasteiger partial charge in [0.15, 0.2) is 11.0 Å². The summed E-state index contributed by atoms with van der Waals surface area (Å²) in [4.78, 5) is 19.3. The number of rotatable bonds is 5. The van der Waals surface area contributed by atoms with Crippen LogP contribution in [0.3, 0.4) is 0 Å². The van der Waals surface area contributed by atoms with Crippen molar-refractivity contribution < 1.29 is 4.79 Å². The van der Waals surface area contributed by atoms with Crippen LogP contribution in [0.15, 0.2) is 78.2 Å². The molecule has 4 aromatic rings. The summed E-state index contributed by atoms with van der Waals surface area (Å²) in [6.45, 7) is 2.62. The summed E-state index contributed by atoms with van der Waals surface area (Å²) in [7, 11) is 0. The van der Waals surface area contributed by atoms with Crippen LogP contribution < -0.4 is 4.90 Å². The molecule has 160 valence electrons. The zero-order valence-corrected chi connectivity index (χ0v) is 18.9. The average molecular weight is 462 g/mol. The minimum Gasteiger partial charge on any atom is -0.311 e. The number of carbonyl (C=O) groups is 1. The fraction of sp³-hybridized carbons (Fsp3) is 0.167. The minimum absolute atomic E-state index is 0.0658. The van der Waals surface area contributed by atoms with Crippen LogP contribution in [-0.2, 0) is 11.2 Å². The van der Waals surface area contributed by atoms with Gasteiger partial charge in [-0.2, -0.15) is 0 Å². The van der Waals surface area contributed by atoms with Crippen molar-refractivity contribution in [2.75, 3.05) is 11.4 Å². The Hall–Kier alpha value is -3.16. The highest BCUT2D eigenvalue weighted by Crippen LogP contribution is 2.34. The number of nitrogens with zero attached hydrogens (tertiary/aromatic N) is 5. The van der Waals surface area contributed by atoms with Crippen molar-refractivity contribution in [1.29, 1.82) is 0 Å². The van der Waals surface area contributed by atoms with Crippen LogP contribution in [0.25, 0.3) is 17.1 Å². The van der Waals surface area contributed by atoms with Crippen LogP contribution in [0.5, 0.6) is 0 Å². The number of thioether (sulfide) groups is 1. The number of pyridine rings is 1. The topological polar surface area (TPSA) is 63.9 Å². The molecule has 0 N–H and O–H groups in total. The van der Waals surface area contributed by atoms with Crippen LogP contribution in [0, 0.1) is 0 Å². The van der Waals surface area contributed by atoms with Crippen LogP contribution in [0.1, 0.15) is 12.5 Å². The molecule has 2 aromatic carbocycles. The number of benzene rings is 2. The Balaban J connectivity index is 1.48. The molecule has 0 aliphatic carbocycles. The van der Waals surface area contributed by atoms with E-state index < -0.39 is 0 Å². The van der Waals surface area contributed by atoms with Crippen molar-refractivity contribution in [3.63, 3.8) is 0 Å². The smallest absolute Gasteiger partial charge is 0.240 e. The lowest BCUT2D eigenvalue weighted by atomic mass is 10.2. The first-order chi connectivity index (χ1) is 15.6. The third-order valence-corrected chi connectivity index (χ3v) is 6.72. The molecular weight excluding hydrogens is 442 g/mol. The van der Waals surface area contributed by atoms with Gasteiger partial charge in [0.05, 0.1) is 5.25 Å². The number of aromatic nitrogens is 4. The predicted octanol–water partition coefficient (Wildman–Crippen LogP) is 5.05. The predicted molar refractivity (Wildman–Crippen MR) is 127 cm³/mol. The second-order valence-corrected chi connectivity index (χ2v) is 9.23. The lowest BCUT2D eigenvalue weighted by Gasteiger charge is -2.21. The number of halogens is 1. The molecule has 1 amide bonds. The summed E-state index contributed by atoms with van der Waals surface area (Å²) in [6, 6.07) is 19.4. The highest BCUT2D eigenvalue weighted by Gasteiger charge is 2.30. The van der Waals surface area contributed by atoms with Crippen LogP contribution in [0.2, 0.25) is 5.02 Å². The molecule has 5 rings (SSSR count). The van der Waals surface area contributed by atoms with E-state index in [0.29, 0.717) is 22.5 Å². The standard InChI is InChI=1S/C24H20ClN5OS/c1-16(23(31)29-15-12-17-4-2-3-5-21(17)29)32-24-28-27-22(18-10-13-26-14-11-18)30(24)20-8-6-19(25)7-9-20/h2-11,13-14,16H,12,15H2,1H3/t16-/m1/s1. The van der Waals surface area contributed by atoms with Crippen LogP contribution in [0.4, 0.5) is 5.69 Å². The molecule has 1 aliphatic rings. The van der Waals surface area contributed by atoms with Crippen LogP contribution in [-0.4, -0.2) is 37.5 Å². The third kappa shape index (κ3) is 3.89. The molecule has 0 radical (unpaired) electrons. The van der Waals surface area contributed by atoms with Gasteiger partial charge in [0.1, 0.15) is 0 Å². The first kappa shape index (κ1) is 20.7. The number of anilines is 1. The summed E-state index contributed by atoms with van der Waals surface area (Å²) >= 11 is 7.51. The van der Waals surface area contributed by atoms with E-state index in [0.717, 1.165) is 23.4 Å². The molecule has 0 unspecified atom stereocenters. The van der Waals surface area contributed by atoms with Crippen molar-refractivity contribution in [1.82, 2.24) is 19.7 Å². The molecule has 8 heteroatoms. The normalized spacial score (nSPS) is 13.8. The Labute approximate surface area is 195 Å². The highest BCUT2D eigenvalue weighted by atomic mass is 35.5. The molecule has 0 spiro atoms. The number of carbonyl (C=O) groups excluding carboxylic acids is 1. The van der Waals surface area contributed by atoms with Crippen molar-refractivity contribution in [2.45, 2.75) is 23.8 Å². The van der Waals surface area contributed by atoms with E-state index in [9.17, 15) is 4.79 Å². The van der Waals surface area contributed by atoms with E-state index in [-0.39, 0.29) is 11.2 Å². The first-order valence-corrected chi connectivity index (χ1v) is 11.6. The van der Waals surface area contributed by atoms with Gasteiger partial charge in [0, 0.05) is 40.9 Å². The maximum Gasteiger partial charge on any atom is 0.240 e. The zero-order chi connectivity index (χ0) is 22.1. The molecule has 1 aliphatic heterocycles. The average Bonchev–Trinajstić information content (AvgIpc) is 3.44. The maximum absolute atomic E-state index is 13.3. The van der Waals surface area contributed by atoms with Crippen molar-refractivity contribution in [2.24, 2.45) is 0 Å². The fourth-order valence-corrected chi connectivity index (χ4v) is 4.91. The van der Waals surface area contributed by atoms with E-state index in [1.54, 1.807) is 12.4 Å². The van der Waals surface area contributed by atoms with Crippen molar-refractivity contribution >= 4 is 35.0 Å². The lowest BCUT2D eigenvalue weighted by molar-refractivity contribution is -0.117. The Kier molecular flexibility index (Phi) is 5.68. The monoisotopic (exact) mass is 461 g/mol. The van der Waals surface area contributed by atoms with E-state index in [1.807, 2.05) is 71.0 Å². The summed E-state index contributed by atoms with van der Waals surface area (Å²) in [6.07, 6.45) is 4.33. The molecule has 0 saturated heterocycles. The Morgan fingerprint density at radius 1 is 1.03 bits per heavy atom. The van der Waals surface area contributed by atoms with E-state index >= 15 is 0 Å². The third-order valence-electron chi connectivity index (χ3n) is 5.44. The van der Waals surface area contributed by atoms with Gasteiger partial charge in [0.2, 0.25) is 5.91 Å². The Morgan fingerprint density at radius 2 is 1.78 bits per heavy atom. The molecule has 0 bridgehead atoms. The summed E-state index contributed by atoms with van der Waals surface area (Å²) in [5, 5.41) is 9.84. The van der Waals surface area contributed by atoms with E-state index in [1.165, 1.54) is 17.3 Å². The van der Waals surface area contributed by atoms with Gasteiger partial charge in [-0.1, -0.05) is 41.6 Å². The number of fused-ring (bicyclic) bond motifs is 1. The molecule has 0 fully saturated rings. The van der Waals surface area contributed by atoms with Gasteiger partial charge in [-0.25, -0.2) is 0 Å².